The van der Waals surface area contributed by atoms with Gasteiger partial charge in [0, 0.05) is 35.3 Å². The van der Waals surface area contributed by atoms with E-state index in [0.717, 1.165) is 72.7 Å². The molecule has 0 fully saturated rings. The molecule has 2 aromatic heterocycles. The number of benzene rings is 3. The highest BCUT2D eigenvalue weighted by molar-refractivity contribution is 5.85. The Morgan fingerprint density at radius 2 is 1.03 bits per heavy atom. The molecule has 6 nitrogen and oxygen atoms in total. The summed E-state index contributed by atoms with van der Waals surface area (Å²) in [6.45, 7) is 1.79. The van der Waals surface area contributed by atoms with Crippen molar-refractivity contribution in [3.05, 3.63) is 83.9 Å². The third-order valence-electron chi connectivity index (χ3n) is 7.56. The Labute approximate surface area is 210 Å². The lowest BCUT2D eigenvalue weighted by Crippen LogP contribution is -2.08. The summed E-state index contributed by atoms with van der Waals surface area (Å²) in [5.74, 6) is 0. The molecule has 0 amide bonds. The Balaban J connectivity index is 1.38. The molecule has 0 saturated heterocycles. The van der Waals surface area contributed by atoms with Crippen LogP contribution in [0.15, 0.2) is 72.8 Å². The number of aryl methyl sites for hydroxylation is 4. The Bertz CT molecular complexity index is 1450. The van der Waals surface area contributed by atoms with Crippen molar-refractivity contribution < 1.29 is 0 Å². The number of rotatable bonds is 2. The molecule has 0 bridgehead atoms. The zero-order valence-corrected chi connectivity index (χ0v) is 20.3. The summed E-state index contributed by atoms with van der Waals surface area (Å²) in [5.41, 5.74) is 11.4. The molecule has 0 atom stereocenters. The van der Waals surface area contributed by atoms with E-state index in [0.29, 0.717) is 0 Å². The zero-order valence-electron chi connectivity index (χ0n) is 20.3. The van der Waals surface area contributed by atoms with Crippen molar-refractivity contribution in [1.29, 1.82) is 0 Å². The molecule has 0 aliphatic carbocycles. The minimum Gasteiger partial charge on any atom is -0.244 e. The van der Waals surface area contributed by atoms with Crippen molar-refractivity contribution in [1.82, 2.24) is 30.0 Å². The topological polar surface area (TPSA) is 61.4 Å². The third kappa shape index (κ3) is 3.56. The van der Waals surface area contributed by atoms with E-state index in [1.54, 1.807) is 0 Å². The molecule has 36 heavy (non-hydrogen) atoms. The van der Waals surface area contributed by atoms with Gasteiger partial charge in [-0.3, -0.25) is 0 Å². The minimum absolute atomic E-state index is 0.894. The lowest BCUT2D eigenvalue weighted by Gasteiger charge is -2.17. The van der Waals surface area contributed by atoms with Crippen molar-refractivity contribution in [3.63, 3.8) is 0 Å². The first kappa shape index (κ1) is 21.2. The summed E-state index contributed by atoms with van der Waals surface area (Å²) in [6, 6.07) is 26.0. The van der Waals surface area contributed by atoms with E-state index in [1.165, 1.54) is 35.1 Å². The highest BCUT2D eigenvalue weighted by Crippen LogP contribution is 2.38. The van der Waals surface area contributed by atoms with Crippen LogP contribution < -0.4 is 0 Å². The number of fused-ring (bicyclic) bond motifs is 6. The first-order valence-corrected chi connectivity index (χ1v) is 13.0. The quantitative estimate of drug-likeness (QED) is 0.306. The molecular weight excluding hydrogens is 444 g/mol. The van der Waals surface area contributed by atoms with Gasteiger partial charge in [0.1, 0.15) is 11.4 Å². The van der Waals surface area contributed by atoms with E-state index in [4.69, 9.17) is 10.2 Å². The van der Waals surface area contributed by atoms with Crippen molar-refractivity contribution in [3.8, 4) is 45.0 Å². The maximum atomic E-state index is 4.70. The Kier molecular flexibility index (Phi) is 5.23. The molecule has 0 spiro atoms. The fraction of sp³-hybridized carbons (Fsp3) is 0.267. The van der Waals surface area contributed by atoms with E-state index >= 15 is 0 Å². The van der Waals surface area contributed by atoms with Gasteiger partial charge in [-0.2, -0.15) is 0 Å². The van der Waals surface area contributed by atoms with Gasteiger partial charge in [0.2, 0.25) is 0 Å². The lowest BCUT2D eigenvalue weighted by molar-refractivity contribution is 0.539. The van der Waals surface area contributed by atoms with E-state index in [1.807, 2.05) is 0 Å². The normalized spacial score (nSPS) is 14.9. The summed E-state index contributed by atoms with van der Waals surface area (Å²) >= 11 is 0. The average Bonchev–Trinajstić information content (AvgIpc) is 3.51. The molecular formula is C30H28N6. The van der Waals surface area contributed by atoms with Gasteiger partial charge in [0.05, 0.1) is 11.4 Å². The van der Waals surface area contributed by atoms with Crippen LogP contribution in [0.3, 0.4) is 0 Å². The maximum Gasteiger partial charge on any atom is 0.121 e. The molecule has 7 rings (SSSR count). The van der Waals surface area contributed by atoms with Crippen LogP contribution in [0.25, 0.3) is 45.0 Å². The standard InChI is InChI=1S/C30H28N6/c1-3-16-25-21(10-1)12-5-7-18-35-29(25)27(31-33-35)23-14-9-15-24(20-23)28-30-26-17-4-2-11-22(26)13-6-8-19-36(30)34-32-28/h1-4,9-11,14-17,20H,5-8,12-13,18-19H2. The van der Waals surface area contributed by atoms with Crippen molar-refractivity contribution in [2.24, 2.45) is 0 Å². The molecule has 0 N–H and O–H groups in total. The van der Waals surface area contributed by atoms with E-state index < -0.39 is 0 Å². The zero-order chi connectivity index (χ0) is 23.9. The van der Waals surface area contributed by atoms with Gasteiger partial charge in [0.15, 0.2) is 0 Å². The van der Waals surface area contributed by atoms with Crippen LogP contribution in [-0.2, 0) is 25.9 Å². The van der Waals surface area contributed by atoms with Gasteiger partial charge in [0.25, 0.3) is 0 Å². The molecule has 2 aliphatic rings. The molecule has 2 aliphatic heterocycles. The average molecular weight is 473 g/mol. The van der Waals surface area contributed by atoms with Crippen LogP contribution in [0, 0.1) is 0 Å². The van der Waals surface area contributed by atoms with Crippen molar-refractivity contribution >= 4 is 0 Å². The molecule has 0 radical (unpaired) electrons. The third-order valence-corrected chi connectivity index (χ3v) is 7.56. The highest BCUT2D eigenvalue weighted by atomic mass is 15.4. The first-order chi connectivity index (χ1) is 17.9. The predicted octanol–water partition coefficient (Wildman–Crippen LogP) is 6.21. The monoisotopic (exact) mass is 472 g/mol. The predicted molar refractivity (Wildman–Crippen MR) is 141 cm³/mol. The molecule has 5 aromatic rings. The maximum absolute atomic E-state index is 4.70. The van der Waals surface area contributed by atoms with Gasteiger partial charge in [-0.25, -0.2) is 9.36 Å². The van der Waals surface area contributed by atoms with Crippen LogP contribution in [-0.4, -0.2) is 30.0 Å². The summed E-state index contributed by atoms with van der Waals surface area (Å²) < 4.78 is 4.17. The van der Waals surface area contributed by atoms with E-state index in [9.17, 15) is 0 Å². The van der Waals surface area contributed by atoms with Crippen molar-refractivity contribution in [2.75, 3.05) is 0 Å². The fourth-order valence-electron chi connectivity index (χ4n) is 5.77. The first-order valence-electron chi connectivity index (χ1n) is 13.0. The molecule has 0 saturated carbocycles. The van der Waals surface area contributed by atoms with E-state index in [2.05, 4.69) is 92.6 Å². The van der Waals surface area contributed by atoms with Gasteiger partial charge < -0.3 is 0 Å². The minimum atomic E-state index is 0.894. The summed E-state index contributed by atoms with van der Waals surface area (Å²) in [7, 11) is 0. The summed E-state index contributed by atoms with van der Waals surface area (Å²) in [5, 5.41) is 18.6. The van der Waals surface area contributed by atoms with Gasteiger partial charge in [-0.05, 0) is 55.7 Å². The van der Waals surface area contributed by atoms with Gasteiger partial charge in [-0.1, -0.05) is 77.2 Å². The summed E-state index contributed by atoms with van der Waals surface area (Å²) in [6.07, 6.45) is 6.73. The Morgan fingerprint density at radius 1 is 0.528 bits per heavy atom. The molecule has 6 heteroatoms. The number of nitrogens with zero attached hydrogens (tertiary/aromatic N) is 6. The largest absolute Gasteiger partial charge is 0.244 e. The SMILES string of the molecule is c1cc(-c2nnn3c2-c2ccccc2CCCC3)cc(-c2nnn3c2-c2ccccc2CCCC3)c1. The second-order valence-corrected chi connectivity index (χ2v) is 9.83. The lowest BCUT2D eigenvalue weighted by atomic mass is 9.93. The van der Waals surface area contributed by atoms with Crippen LogP contribution in [0.5, 0.6) is 0 Å². The van der Waals surface area contributed by atoms with Gasteiger partial charge in [-0.15, -0.1) is 10.2 Å². The summed E-state index contributed by atoms with van der Waals surface area (Å²) in [4.78, 5) is 0. The fourth-order valence-corrected chi connectivity index (χ4v) is 5.77. The highest BCUT2D eigenvalue weighted by Gasteiger charge is 2.23. The van der Waals surface area contributed by atoms with Crippen LogP contribution in [0.1, 0.15) is 36.8 Å². The van der Waals surface area contributed by atoms with Crippen molar-refractivity contribution in [2.45, 2.75) is 51.6 Å². The molecule has 0 unspecified atom stereocenters. The molecule has 3 aromatic carbocycles. The Morgan fingerprint density at radius 3 is 1.56 bits per heavy atom. The van der Waals surface area contributed by atoms with Crippen LogP contribution >= 0.6 is 0 Å². The smallest absolute Gasteiger partial charge is 0.121 e. The second kappa shape index (κ2) is 8.86. The Hall–Kier alpha value is -4.06. The number of hydrogen-bond acceptors (Lipinski definition) is 4. The van der Waals surface area contributed by atoms with Crippen LogP contribution in [0.2, 0.25) is 0 Å². The number of aromatic nitrogens is 6. The van der Waals surface area contributed by atoms with Crippen LogP contribution in [0.4, 0.5) is 0 Å². The second-order valence-electron chi connectivity index (χ2n) is 9.83. The molecule has 4 heterocycles. The number of hydrogen-bond donors (Lipinski definition) is 0. The molecule has 178 valence electrons. The van der Waals surface area contributed by atoms with Gasteiger partial charge >= 0.3 is 0 Å². The van der Waals surface area contributed by atoms with E-state index in [-0.39, 0.29) is 0 Å².